The van der Waals surface area contributed by atoms with Gasteiger partial charge in [-0.1, -0.05) is 13.3 Å². The van der Waals surface area contributed by atoms with Crippen molar-refractivity contribution in [3.63, 3.8) is 0 Å². The molecule has 4 nitrogen and oxygen atoms in total. The van der Waals surface area contributed by atoms with E-state index in [4.69, 9.17) is 14.5 Å². The Bertz CT molecular complexity index is 598. The highest BCUT2D eigenvalue weighted by Gasteiger charge is 2.14. The Morgan fingerprint density at radius 3 is 3.05 bits per heavy atom. The van der Waals surface area contributed by atoms with Crippen LogP contribution in [0.15, 0.2) is 23.6 Å². The molecule has 3 rings (SSSR count). The fourth-order valence-electron chi connectivity index (χ4n) is 2.24. The van der Waals surface area contributed by atoms with Gasteiger partial charge in [-0.05, 0) is 31.2 Å². The van der Waals surface area contributed by atoms with Gasteiger partial charge in [0.25, 0.3) is 0 Å². The molecule has 5 heteroatoms. The van der Waals surface area contributed by atoms with Crippen LogP contribution in [0.1, 0.15) is 24.8 Å². The van der Waals surface area contributed by atoms with Crippen LogP contribution in [-0.2, 0) is 6.42 Å². The van der Waals surface area contributed by atoms with E-state index in [1.807, 2.05) is 18.2 Å². The Morgan fingerprint density at radius 2 is 2.14 bits per heavy atom. The van der Waals surface area contributed by atoms with E-state index >= 15 is 0 Å². The lowest BCUT2D eigenvalue weighted by atomic mass is 10.1. The van der Waals surface area contributed by atoms with Crippen molar-refractivity contribution in [2.24, 2.45) is 0 Å². The first-order valence-electron chi connectivity index (χ1n) is 7.42. The maximum Gasteiger partial charge on any atom is 0.231 e. The Balaban J connectivity index is 1.59. The maximum atomic E-state index is 5.41. The molecule has 0 radical (unpaired) electrons. The van der Waals surface area contributed by atoms with E-state index in [0.29, 0.717) is 6.79 Å². The van der Waals surface area contributed by atoms with Crippen molar-refractivity contribution in [1.82, 2.24) is 10.3 Å². The van der Waals surface area contributed by atoms with Crippen molar-refractivity contribution in [3.05, 3.63) is 28.6 Å². The van der Waals surface area contributed by atoms with Gasteiger partial charge in [-0.25, -0.2) is 4.98 Å². The molecule has 0 fully saturated rings. The Morgan fingerprint density at radius 1 is 1.24 bits per heavy atom. The lowest BCUT2D eigenvalue weighted by Gasteiger charge is -2.01. The van der Waals surface area contributed by atoms with Crippen LogP contribution in [0.25, 0.3) is 11.3 Å². The quantitative estimate of drug-likeness (QED) is 0.795. The van der Waals surface area contributed by atoms with Crippen molar-refractivity contribution >= 4 is 11.3 Å². The van der Waals surface area contributed by atoms with Crippen LogP contribution in [0.4, 0.5) is 0 Å². The van der Waals surface area contributed by atoms with Gasteiger partial charge in [0.05, 0.1) is 10.7 Å². The summed E-state index contributed by atoms with van der Waals surface area (Å²) >= 11 is 1.72. The minimum absolute atomic E-state index is 0.310. The number of aromatic nitrogens is 1. The largest absolute Gasteiger partial charge is 0.454 e. The Hall–Kier alpha value is -1.59. The topological polar surface area (TPSA) is 43.4 Å². The highest BCUT2D eigenvalue weighted by atomic mass is 32.1. The van der Waals surface area contributed by atoms with E-state index < -0.39 is 0 Å². The van der Waals surface area contributed by atoms with Crippen LogP contribution >= 0.6 is 11.3 Å². The predicted octanol–water partition coefficient (Wildman–Crippen LogP) is 3.47. The summed E-state index contributed by atoms with van der Waals surface area (Å²) in [5, 5.41) is 6.73. The van der Waals surface area contributed by atoms with E-state index in [2.05, 4.69) is 17.6 Å². The fraction of sp³-hybridized carbons (Fsp3) is 0.438. The summed E-state index contributed by atoms with van der Waals surface area (Å²) in [6, 6.07) is 5.98. The highest BCUT2D eigenvalue weighted by Crippen LogP contribution is 2.36. The summed E-state index contributed by atoms with van der Waals surface area (Å²) < 4.78 is 10.7. The van der Waals surface area contributed by atoms with Gasteiger partial charge in [-0.15, -0.1) is 11.3 Å². The molecule has 2 aromatic rings. The van der Waals surface area contributed by atoms with Gasteiger partial charge in [-0.2, -0.15) is 0 Å². The molecule has 1 aromatic carbocycles. The SMILES string of the molecule is CCCCNCCc1nc(-c2ccc3c(c2)OCO3)cs1. The molecule has 2 heterocycles. The van der Waals surface area contributed by atoms with Gasteiger partial charge in [0.2, 0.25) is 6.79 Å². The summed E-state index contributed by atoms with van der Waals surface area (Å²) in [4.78, 5) is 4.71. The molecule has 0 atom stereocenters. The minimum atomic E-state index is 0.310. The van der Waals surface area contributed by atoms with E-state index in [9.17, 15) is 0 Å². The molecule has 1 aliphatic rings. The number of ether oxygens (including phenoxy) is 2. The molecule has 112 valence electrons. The van der Waals surface area contributed by atoms with Crippen molar-refractivity contribution in [3.8, 4) is 22.8 Å². The second-order valence-corrected chi connectivity index (χ2v) is 5.99. The second-order valence-electron chi connectivity index (χ2n) is 5.05. The summed E-state index contributed by atoms with van der Waals surface area (Å²) in [5.74, 6) is 1.62. The third-order valence-corrected chi connectivity index (χ3v) is 4.35. The van der Waals surface area contributed by atoms with E-state index in [1.165, 1.54) is 17.8 Å². The van der Waals surface area contributed by atoms with Crippen molar-refractivity contribution in [2.75, 3.05) is 19.9 Å². The van der Waals surface area contributed by atoms with Crippen molar-refractivity contribution in [1.29, 1.82) is 0 Å². The zero-order valence-electron chi connectivity index (χ0n) is 12.2. The molecule has 0 amide bonds. The minimum Gasteiger partial charge on any atom is -0.454 e. The standard InChI is InChI=1S/C16H20N2O2S/c1-2-3-7-17-8-6-16-18-13(10-21-16)12-4-5-14-15(9-12)20-11-19-14/h4-5,9-10,17H,2-3,6-8,11H2,1H3. The number of hydrogen-bond acceptors (Lipinski definition) is 5. The van der Waals surface area contributed by atoms with E-state index in [1.54, 1.807) is 11.3 Å². The van der Waals surface area contributed by atoms with Gasteiger partial charge >= 0.3 is 0 Å². The number of nitrogens with zero attached hydrogens (tertiary/aromatic N) is 1. The van der Waals surface area contributed by atoms with Crippen LogP contribution in [-0.4, -0.2) is 24.9 Å². The number of benzene rings is 1. The van der Waals surface area contributed by atoms with E-state index in [-0.39, 0.29) is 0 Å². The van der Waals surface area contributed by atoms with Crippen LogP contribution in [0.2, 0.25) is 0 Å². The van der Waals surface area contributed by atoms with Crippen LogP contribution in [0.3, 0.4) is 0 Å². The average molecular weight is 304 g/mol. The van der Waals surface area contributed by atoms with Gasteiger partial charge in [0.15, 0.2) is 11.5 Å². The second kappa shape index (κ2) is 6.91. The zero-order valence-corrected chi connectivity index (χ0v) is 13.0. The van der Waals surface area contributed by atoms with Gasteiger partial charge in [-0.3, -0.25) is 0 Å². The fourth-order valence-corrected chi connectivity index (χ4v) is 3.04. The number of thiazole rings is 1. The highest BCUT2D eigenvalue weighted by molar-refractivity contribution is 7.09. The van der Waals surface area contributed by atoms with Crippen molar-refractivity contribution < 1.29 is 9.47 Å². The number of unbranched alkanes of at least 4 members (excludes halogenated alkanes) is 1. The number of rotatable bonds is 7. The molecule has 0 bridgehead atoms. The Kier molecular flexibility index (Phi) is 4.72. The molecule has 1 aromatic heterocycles. The molecule has 0 saturated heterocycles. The molecule has 0 aliphatic carbocycles. The predicted molar refractivity (Wildman–Crippen MR) is 85.2 cm³/mol. The van der Waals surface area contributed by atoms with Crippen LogP contribution < -0.4 is 14.8 Å². The monoisotopic (exact) mass is 304 g/mol. The summed E-state index contributed by atoms with van der Waals surface area (Å²) in [6.45, 7) is 4.61. The Labute approximate surface area is 129 Å². The number of hydrogen-bond donors (Lipinski definition) is 1. The zero-order chi connectivity index (χ0) is 14.5. The first kappa shape index (κ1) is 14.4. The molecule has 1 aliphatic heterocycles. The van der Waals surface area contributed by atoms with Crippen LogP contribution in [0, 0.1) is 0 Å². The lowest BCUT2D eigenvalue weighted by Crippen LogP contribution is -2.18. The summed E-state index contributed by atoms with van der Waals surface area (Å²) in [5.41, 5.74) is 2.10. The van der Waals surface area contributed by atoms with Gasteiger partial charge in [0.1, 0.15) is 0 Å². The summed E-state index contributed by atoms with van der Waals surface area (Å²) in [7, 11) is 0. The first-order valence-corrected chi connectivity index (χ1v) is 8.30. The first-order chi connectivity index (χ1) is 10.4. The molecule has 0 spiro atoms. The van der Waals surface area contributed by atoms with E-state index in [0.717, 1.165) is 42.3 Å². The third-order valence-electron chi connectivity index (χ3n) is 3.44. The normalized spacial score (nSPS) is 12.8. The van der Waals surface area contributed by atoms with Crippen LogP contribution in [0.5, 0.6) is 11.5 Å². The average Bonchev–Trinajstić information content (AvgIpc) is 3.15. The molecular formula is C16H20N2O2S. The third kappa shape index (κ3) is 3.54. The van der Waals surface area contributed by atoms with Gasteiger partial charge < -0.3 is 14.8 Å². The lowest BCUT2D eigenvalue weighted by molar-refractivity contribution is 0.174. The molecule has 1 N–H and O–H groups in total. The summed E-state index contributed by atoms with van der Waals surface area (Å²) in [6.07, 6.45) is 3.46. The number of fused-ring (bicyclic) bond motifs is 1. The molecule has 0 saturated carbocycles. The number of nitrogens with one attached hydrogen (secondary N) is 1. The molecule has 21 heavy (non-hydrogen) atoms. The smallest absolute Gasteiger partial charge is 0.231 e. The molecule has 0 unspecified atom stereocenters. The maximum absolute atomic E-state index is 5.41. The van der Waals surface area contributed by atoms with Gasteiger partial charge in [0, 0.05) is 23.9 Å². The van der Waals surface area contributed by atoms with Crippen molar-refractivity contribution in [2.45, 2.75) is 26.2 Å². The molecular weight excluding hydrogens is 284 g/mol.